The van der Waals surface area contributed by atoms with Gasteiger partial charge in [-0.3, -0.25) is 14.7 Å². The molecule has 0 aromatic heterocycles. The first kappa shape index (κ1) is 13.9. The molecule has 0 atom stereocenters. The zero-order valence-corrected chi connectivity index (χ0v) is 12.0. The van der Waals surface area contributed by atoms with E-state index in [0.717, 1.165) is 5.92 Å². The van der Waals surface area contributed by atoms with Gasteiger partial charge in [0.05, 0.1) is 0 Å². The molecule has 0 aromatic carbocycles. The van der Waals surface area contributed by atoms with Crippen LogP contribution in [0.2, 0.25) is 0 Å². The van der Waals surface area contributed by atoms with Gasteiger partial charge in [-0.1, -0.05) is 19.3 Å². The summed E-state index contributed by atoms with van der Waals surface area (Å²) in [6.07, 6.45) is 6.91. The van der Waals surface area contributed by atoms with E-state index in [0.29, 0.717) is 0 Å². The summed E-state index contributed by atoms with van der Waals surface area (Å²) in [6, 6.07) is 0. The Morgan fingerprint density at radius 1 is 0.688 bits per heavy atom. The van der Waals surface area contributed by atoms with E-state index in [-0.39, 0.29) is 5.79 Å². The molecular formula is C13H29N3. The molecule has 0 N–H and O–H groups in total. The summed E-state index contributed by atoms with van der Waals surface area (Å²) in [7, 11) is 13.2. The predicted octanol–water partition coefficient (Wildman–Crippen LogP) is 1.91. The third-order valence-electron chi connectivity index (χ3n) is 4.13. The highest BCUT2D eigenvalue weighted by Gasteiger charge is 2.45. The third kappa shape index (κ3) is 2.27. The number of hydrogen-bond acceptors (Lipinski definition) is 3. The van der Waals surface area contributed by atoms with Crippen LogP contribution in [0.4, 0.5) is 0 Å². The van der Waals surface area contributed by atoms with Gasteiger partial charge < -0.3 is 0 Å². The number of hydrogen-bond donors (Lipinski definition) is 0. The van der Waals surface area contributed by atoms with Crippen LogP contribution in [-0.2, 0) is 0 Å². The summed E-state index contributed by atoms with van der Waals surface area (Å²) in [4.78, 5) is 7.13. The highest BCUT2D eigenvalue weighted by Crippen LogP contribution is 2.38. The van der Waals surface area contributed by atoms with Gasteiger partial charge in [-0.05, 0) is 55.1 Å². The molecule has 1 aliphatic carbocycles. The average molecular weight is 227 g/mol. The maximum Gasteiger partial charge on any atom is 0.132 e. The van der Waals surface area contributed by atoms with Crippen LogP contribution < -0.4 is 0 Å². The van der Waals surface area contributed by atoms with Crippen LogP contribution in [-0.4, -0.2) is 62.8 Å². The molecule has 0 unspecified atom stereocenters. The first-order chi connectivity index (χ1) is 7.44. The summed E-state index contributed by atoms with van der Waals surface area (Å²) in [5.41, 5.74) is 0. The molecular weight excluding hydrogens is 198 g/mol. The minimum absolute atomic E-state index is 0.0699. The summed E-state index contributed by atoms with van der Waals surface area (Å²) >= 11 is 0. The van der Waals surface area contributed by atoms with Gasteiger partial charge in [0.1, 0.15) is 5.79 Å². The second-order valence-electron chi connectivity index (χ2n) is 5.71. The largest absolute Gasteiger partial charge is 0.279 e. The highest BCUT2D eigenvalue weighted by atomic mass is 15.5. The van der Waals surface area contributed by atoms with Gasteiger partial charge in [0.25, 0.3) is 0 Å². The normalized spacial score (nSPS) is 20.1. The minimum atomic E-state index is 0.0699. The third-order valence-corrected chi connectivity index (χ3v) is 4.13. The fourth-order valence-electron chi connectivity index (χ4n) is 3.79. The molecule has 1 fully saturated rings. The van der Waals surface area contributed by atoms with Crippen LogP contribution in [0.3, 0.4) is 0 Å². The van der Waals surface area contributed by atoms with E-state index in [1.807, 2.05) is 0 Å². The van der Waals surface area contributed by atoms with Crippen LogP contribution >= 0.6 is 0 Å². The van der Waals surface area contributed by atoms with E-state index in [4.69, 9.17) is 0 Å². The predicted molar refractivity (Wildman–Crippen MR) is 70.4 cm³/mol. The van der Waals surface area contributed by atoms with Crippen LogP contribution in [0.25, 0.3) is 0 Å². The second-order valence-corrected chi connectivity index (χ2v) is 5.71. The Balaban J connectivity index is 2.99. The fraction of sp³-hybridized carbons (Fsp3) is 1.00. The van der Waals surface area contributed by atoms with E-state index in [2.05, 4.69) is 57.0 Å². The Bertz CT molecular complexity index is 183. The summed E-state index contributed by atoms with van der Waals surface area (Å²) in [5, 5.41) is 0. The monoisotopic (exact) mass is 227 g/mol. The number of nitrogens with zero attached hydrogens (tertiary/aromatic N) is 3. The van der Waals surface area contributed by atoms with Crippen molar-refractivity contribution in [3.63, 3.8) is 0 Å². The van der Waals surface area contributed by atoms with Gasteiger partial charge in [-0.25, -0.2) is 0 Å². The zero-order valence-electron chi connectivity index (χ0n) is 12.0. The van der Waals surface area contributed by atoms with Crippen LogP contribution in [0.5, 0.6) is 0 Å². The molecule has 96 valence electrons. The van der Waals surface area contributed by atoms with Crippen LogP contribution in [0.15, 0.2) is 0 Å². The smallest absolute Gasteiger partial charge is 0.132 e. The summed E-state index contributed by atoms with van der Waals surface area (Å²) in [5.74, 6) is 0.821. The molecule has 0 aromatic rings. The molecule has 0 aliphatic heterocycles. The first-order valence-electron chi connectivity index (χ1n) is 6.46. The lowest BCUT2D eigenvalue weighted by atomic mass is 9.82. The van der Waals surface area contributed by atoms with E-state index in [1.54, 1.807) is 0 Å². The van der Waals surface area contributed by atoms with Crippen molar-refractivity contribution in [2.75, 3.05) is 42.3 Å². The van der Waals surface area contributed by atoms with E-state index < -0.39 is 0 Å². The Morgan fingerprint density at radius 2 is 1.06 bits per heavy atom. The van der Waals surface area contributed by atoms with Crippen LogP contribution in [0.1, 0.15) is 32.1 Å². The lowest BCUT2D eigenvalue weighted by molar-refractivity contribution is -0.158. The Labute approximate surface area is 101 Å². The molecule has 0 heterocycles. The van der Waals surface area contributed by atoms with Gasteiger partial charge in [0, 0.05) is 5.92 Å². The maximum absolute atomic E-state index is 2.38. The minimum Gasteiger partial charge on any atom is -0.279 e. The average Bonchev–Trinajstić information content (AvgIpc) is 2.18. The Hall–Kier alpha value is -0.120. The van der Waals surface area contributed by atoms with Crippen molar-refractivity contribution in [2.45, 2.75) is 37.9 Å². The van der Waals surface area contributed by atoms with Crippen LogP contribution in [0, 0.1) is 5.92 Å². The Kier molecular flexibility index (Phi) is 4.77. The number of rotatable bonds is 4. The first-order valence-corrected chi connectivity index (χ1v) is 6.46. The van der Waals surface area contributed by atoms with Crippen molar-refractivity contribution < 1.29 is 0 Å². The highest BCUT2D eigenvalue weighted by molar-refractivity contribution is 4.91. The lowest BCUT2D eigenvalue weighted by Gasteiger charge is -2.55. The summed E-state index contributed by atoms with van der Waals surface area (Å²) < 4.78 is 0. The Morgan fingerprint density at radius 3 is 1.38 bits per heavy atom. The van der Waals surface area contributed by atoms with Crippen molar-refractivity contribution in [3.8, 4) is 0 Å². The molecule has 0 spiro atoms. The molecule has 3 nitrogen and oxygen atoms in total. The molecule has 16 heavy (non-hydrogen) atoms. The second kappa shape index (κ2) is 5.48. The molecule has 3 heteroatoms. The van der Waals surface area contributed by atoms with Crippen molar-refractivity contribution >= 4 is 0 Å². The topological polar surface area (TPSA) is 9.72 Å². The molecule has 1 rings (SSSR count). The van der Waals surface area contributed by atoms with Gasteiger partial charge in [0.15, 0.2) is 0 Å². The quantitative estimate of drug-likeness (QED) is 0.679. The van der Waals surface area contributed by atoms with Crippen molar-refractivity contribution in [2.24, 2.45) is 5.92 Å². The SMILES string of the molecule is CN(C)C(C1CCCCC1)(N(C)C)N(C)C. The van der Waals surface area contributed by atoms with Gasteiger partial charge in [-0.2, -0.15) is 0 Å². The standard InChI is InChI=1S/C13H29N3/c1-14(2)13(15(3)4,16(5)6)12-10-8-7-9-11-12/h12H,7-11H2,1-6H3. The lowest BCUT2D eigenvalue weighted by Crippen LogP contribution is -2.68. The maximum atomic E-state index is 2.38. The van der Waals surface area contributed by atoms with Crippen molar-refractivity contribution in [1.82, 2.24) is 14.7 Å². The fourth-order valence-corrected chi connectivity index (χ4v) is 3.79. The molecule has 1 saturated carbocycles. The zero-order chi connectivity index (χ0) is 12.3. The van der Waals surface area contributed by atoms with E-state index in [9.17, 15) is 0 Å². The molecule has 0 amide bonds. The molecule has 1 aliphatic rings. The van der Waals surface area contributed by atoms with Crippen molar-refractivity contribution in [3.05, 3.63) is 0 Å². The molecule has 0 radical (unpaired) electrons. The summed E-state index contributed by atoms with van der Waals surface area (Å²) in [6.45, 7) is 0. The van der Waals surface area contributed by atoms with E-state index >= 15 is 0 Å². The molecule has 0 bridgehead atoms. The van der Waals surface area contributed by atoms with Crippen molar-refractivity contribution in [1.29, 1.82) is 0 Å². The molecule has 0 saturated heterocycles. The van der Waals surface area contributed by atoms with Gasteiger partial charge in [0.2, 0.25) is 0 Å². The van der Waals surface area contributed by atoms with Gasteiger partial charge in [-0.15, -0.1) is 0 Å². The van der Waals surface area contributed by atoms with E-state index in [1.165, 1.54) is 32.1 Å². The van der Waals surface area contributed by atoms with Gasteiger partial charge >= 0.3 is 0 Å².